The third-order valence-electron chi connectivity index (χ3n) is 8.85. The number of carbonyl (C=O) groups excluding carboxylic acids is 3. The molecular weight excluding hydrogens is 524 g/mol. The average molecular weight is 569 g/mol. The van der Waals surface area contributed by atoms with Crippen LogP contribution in [0.1, 0.15) is 51.5 Å². The lowest BCUT2D eigenvalue weighted by atomic mass is 9.66. The van der Waals surface area contributed by atoms with E-state index in [-0.39, 0.29) is 42.2 Å². The number of thioether (sulfide) groups is 1. The number of unbranched alkanes of at least 4 members (excludes halogenated alkanes) is 2. The first kappa shape index (κ1) is 30.4. The molecule has 1 spiro atoms. The monoisotopic (exact) mass is 568 g/mol. The Morgan fingerprint density at radius 1 is 1.25 bits per heavy atom. The summed E-state index contributed by atoms with van der Waals surface area (Å²) in [5.41, 5.74) is 0.979. The van der Waals surface area contributed by atoms with Crippen molar-refractivity contribution in [3.8, 4) is 0 Å². The van der Waals surface area contributed by atoms with E-state index < -0.39 is 28.7 Å². The van der Waals surface area contributed by atoms with Gasteiger partial charge >= 0.3 is 5.97 Å². The first-order valence-electron chi connectivity index (χ1n) is 14.7. The molecule has 3 aliphatic heterocycles. The Morgan fingerprint density at radius 2 is 2.00 bits per heavy atom. The molecule has 1 aromatic carbocycles. The second-order valence-electron chi connectivity index (χ2n) is 11.3. The standard InChI is InChI=1S/C32H44N2O5S/c1-5-8-13-18-39-31(38)26-25-19-22(4)32(40-25)27(26)29(36)34(24(21-35)20-23-14-11-10-12-15-23)28(32)30(37)33(16-7-3)17-9-6-2/h5,7,10-12,14-15,22,24-28,35H,1,3,6,8-9,13,16-21H2,2,4H3/t22?,24-,25+,26-,27+,28?,32?/m1/s1. The van der Waals surface area contributed by atoms with Gasteiger partial charge in [-0.15, -0.1) is 24.9 Å². The number of hydrogen-bond donors (Lipinski definition) is 1. The highest BCUT2D eigenvalue weighted by Gasteiger charge is 2.77. The minimum atomic E-state index is -0.772. The van der Waals surface area contributed by atoms with Crippen LogP contribution < -0.4 is 0 Å². The molecule has 218 valence electrons. The lowest BCUT2D eigenvalue weighted by molar-refractivity contribution is -0.155. The van der Waals surface area contributed by atoms with Crippen LogP contribution in [0.15, 0.2) is 55.6 Å². The van der Waals surface area contributed by atoms with Crippen molar-refractivity contribution in [1.82, 2.24) is 9.80 Å². The summed E-state index contributed by atoms with van der Waals surface area (Å²) in [4.78, 5) is 46.0. The molecule has 1 aromatic rings. The Balaban J connectivity index is 1.75. The van der Waals surface area contributed by atoms with Crippen LogP contribution in [0.4, 0.5) is 0 Å². The number of aliphatic hydroxyl groups excluding tert-OH is 1. The molecule has 7 nitrogen and oxygen atoms in total. The third-order valence-corrected chi connectivity index (χ3v) is 10.9. The number of aliphatic hydroxyl groups is 1. The zero-order valence-electron chi connectivity index (χ0n) is 23.9. The van der Waals surface area contributed by atoms with Crippen LogP contribution in [0.2, 0.25) is 0 Å². The topological polar surface area (TPSA) is 87.2 Å². The number of benzene rings is 1. The number of fused-ring (bicyclic) bond motifs is 1. The maximum Gasteiger partial charge on any atom is 0.310 e. The van der Waals surface area contributed by atoms with E-state index in [1.165, 1.54) is 0 Å². The van der Waals surface area contributed by atoms with Crippen molar-refractivity contribution in [3.05, 3.63) is 61.2 Å². The van der Waals surface area contributed by atoms with Gasteiger partial charge in [-0.1, -0.05) is 62.8 Å². The van der Waals surface area contributed by atoms with E-state index in [4.69, 9.17) is 4.74 Å². The largest absolute Gasteiger partial charge is 0.465 e. The predicted molar refractivity (Wildman–Crippen MR) is 159 cm³/mol. The van der Waals surface area contributed by atoms with Crippen molar-refractivity contribution >= 4 is 29.5 Å². The van der Waals surface area contributed by atoms with Crippen molar-refractivity contribution in [1.29, 1.82) is 0 Å². The van der Waals surface area contributed by atoms with Gasteiger partial charge in [0, 0.05) is 18.3 Å². The molecule has 1 N–H and O–H groups in total. The van der Waals surface area contributed by atoms with Gasteiger partial charge in [0.25, 0.3) is 0 Å². The van der Waals surface area contributed by atoms with E-state index in [0.717, 1.165) is 31.2 Å². The number of hydrogen-bond acceptors (Lipinski definition) is 6. The van der Waals surface area contributed by atoms with Crippen LogP contribution in [0.5, 0.6) is 0 Å². The second-order valence-corrected chi connectivity index (χ2v) is 12.9. The molecule has 3 unspecified atom stereocenters. The van der Waals surface area contributed by atoms with Gasteiger partial charge in [-0.2, -0.15) is 0 Å². The molecule has 8 heteroatoms. The van der Waals surface area contributed by atoms with Crippen molar-refractivity contribution in [2.75, 3.05) is 26.3 Å². The van der Waals surface area contributed by atoms with Crippen molar-refractivity contribution in [2.24, 2.45) is 17.8 Å². The van der Waals surface area contributed by atoms with E-state index in [2.05, 4.69) is 27.0 Å². The molecule has 3 fully saturated rings. The summed E-state index contributed by atoms with van der Waals surface area (Å²) < 4.78 is 4.94. The Hall–Kier alpha value is -2.58. The van der Waals surface area contributed by atoms with Crippen molar-refractivity contribution < 1.29 is 24.2 Å². The van der Waals surface area contributed by atoms with Gasteiger partial charge in [0.1, 0.15) is 6.04 Å². The Bertz CT molecular complexity index is 1080. The molecule has 3 heterocycles. The van der Waals surface area contributed by atoms with Crippen LogP contribution in [-0.4, -0.2) is 81.1 Å². The van der Waals surface area contributed by atoms with Crippen molar-refractivity contribution in [3.63, 3.8) is 0 Å². The van der Waals surface area contributed by atoms with Gasteiger partial charge in [-0.25, -0.2) is 0 Å². The molecule has 3 saturated heterocycles. The number of rotatable bonds is 15. The summed E-state index contributed by atoms with van der Waals surface area (Å²) in [6.07, 6.45) is 7.90. The first-order chi connectivity index (χ1) is 19.3. The van der Waals surface area contributed by atoms with E-state index >= 15 is 0 Å². The van der Waals surface area contributed by atoms with E-state index in [9.17, 15) is 19.5 Å². The number of carbonyl (C=O) groups is 3. The summed E-state index contributed by atoms with van der Waals surface area (Å²) >= 11 is 1.64. The quantitative estimate of drug-likeness (QED) is 0.193. The second kappa shape index (κ2) is 13.4. The van der Waals surface area contributed by atoms with E-state index in [0.29, 0.717) is 25.9 Å². The molecule has 0 saturated carbocycles. The summed E-state index contributed by atoms with van der Waals surface area (Å²) in [5, 5.41) is 10.6. The van der Waals surface area contributed by atoms with E-state index in [1.54, 1.807) is 33.7 Å². The van der Waals surface area contributed by atoms with Gasteiger partial charge in [0.05, 0.1) is 35.8 Å². The van der Waals surface area contributed by atoms with Crippen LogP contribution >= 0.6 is 11.8 Å². The van der Waals surface area contributed by atoms with Gasteiger partial charge in [-0.3, -0.25) is 14.4 Å². The molecular formula is C32H44N2O5S. The number of esters is 1. The lowest BCUT2D eigenvalue weighted by Gasteiger charge is -2.42. The SMILES string of the molecule is C=CCCCOC(=O)[C@@H]1[C@@H]2CC(C)C3(S2)C(C(=O)N(CC=C)CCCC)N([C@@H](CO)Cc2ccccc2)C(=O)[C@H]13. The Labute approximate surface area is 243 Å². The highest BCUT2D eigenvalue weighted by atomic mass is 32.2. The smallest absolute Gasteiger partial charge is 0.310 e. The molecule has 3 aliphatic rings. The fourth-order valence-corrected chi connectivity index (χ4v) is 9.39. The predicted octanol–water partition coefficient (Wildman–Crippen LogP) is 4.25. The highest BCUT2D eigenvalue weighted by molar-refractivity contribution is 8.02. The Kier molecular flexibility index (Phi) is 10.2. The van der Waals surface area contributed by atoms with Gasteiger partial charge < -0.3 is 19.6 Å². The van der Waals surface area contributed by atoms with Gasteiger partial charge in [0.2, 0.25) is 11.8 Å². The number of nitrogens with zero attached hydrogens (tertiary/aromatic N) is 2. The molecule has 2 bridgehead atoms. The lowest BCUT2D eigenvalue weighted by Crippen LogP contribution is -2.59. The normalized spacial score (nSPS) is 29.2. The number of ether oxygens (including phenoxy) is 1. The summed E-state index contributed by atoms with van der Waals surface area (Å²) in [7, 11) is 0. The van der Waals surface area contributed by atoms with Crippen LogP contribution in [0.25, 0.3) is 0 Å². The molecule has 0 aromatic heterocycles. The maximum atomic E-state index is 14.5. The zero-order valence-corrected chi connectivity index (χ0v) is 24.7. The third kappa shape index (κ3) is 5.49. The zero-order chi connectivity index (χ0) is 28.9. The molecule has 0 aliphatic carbocycles. The summed E-state index contributed by atoms with van der Waals surface area (Å²) in [6, 6.07) is 8.37. The van der Waals surface area contributed by atoms with Crippen LogP contribution in [0.3, 0.4) is 0 Å². The molecule has 7 atom stereocenters. The Morgan fingerprint density at radius 3 is 2.65 bits per heavy atom. The number of likely N-dealkylation sites (tertiary alicyclic amines) is 1. The molecule has 0 radical (unpaired) electrons. The van der Waals surface area contributed by atoms with E-state index in [1.807, 2.05) is 30.3 Å². The summed E-state index contributed by atoms with van der Waals surface area (Å²) in [5.74, 6) is -1.88. The molecule has 4 rings (SSSR count). The first-order valence-corrected chi connectivity index (χ1v) is 15.6. The van der Waals surface area contributed by atoms with Gasteiger partial charge in [0.15, 0.2) is 0 Å². The average Bonchev–Trinajstić information content (AvgIpc) is 3.55. The maximum absolute atomic E-state index is 14.5. The fraction of sp³-hybridized carbons (Fsp3) is 0.594. The van der Waals surface area contributed by atoms with Crippen LogP contribution in [0, 0.1) is 17.8 Å². The molecule has 40 heavy (non-hydrogen) atoms. The fourth-order valence-electron chi connectivity index (χ4n) is 7.00. The van der Waals surface area contributed by atoms with Crippen LogP contribution in [-0.2, 0) is 25.5 Å². The number of allylic oxidation sites excluding steroid dienone is 1. The van der Waals surface area contributed by atoms with Crippen molar-refractivity contribution in [2.45, 2.75) is 74.5 Å². The summed E-state index contributed by atoms with van der Waals surface area (Å²) in [6.45, 7) is 12.8. The molecule has 2 amide bonds. The number of amides is 2. The minimum absolute atomic E-state index is 0.0491. The minimum Gasteiger partial charge on any atom is -0.465 e. The highest BCUT2D eigenvalue weighted by Crippen LogP contribution is 2.69. The van der Waals surface area contributed by atoms with Gasteiger partial charge in [-0.05, 0) is 43.6 Å².